The fraction of sp³-hybridized carbons (Fsp3) is 0.111. The number of aromatic amines is 1. The summed E-state index contributed by atoms with van der Waals surface area (Å²) in [7, 11) is 0. The van der Waals surface area contributed by atoms with Crippen LogP contribution in [0.15, 0.2) is 24.4 Å². The predicted octanol–water partition coefficient (Wildman–Crippen LogP) is 2.35. The minimum Gasteiger partial charge on any atom is -0.435 e. The van der Waals surface area contributed by atoms with Crippen LogP contribution >= 0.6 is 0 Å². The average molecular weight is 198 g/mol. The van der Waals surface area contributed by atoms with E-state index in [0.29, 0.717) is 11.2 Å². The van der Waals surface area contributed by atoms with Gasteiger partial charge in [-0.25, -0.2) is 0 Å². The highest BCUT2D eigenvalue weighted by Crippen LogP contribution is 2.25. The third-order valence-corrected chi connectivity index (χ3v) is 1.91. The van der Waals surface area contributed by atoms with Gasteiger partial charge in [0.15, 0.2) is 0 Å². The van der Waals surface area contributed by atoms with Gasteiger partial charge in [-0.05, 0) is 12.1 Å². The van der Waals surface area contributed by atoms with Gasteiger partial charge in [-0.15, -0.1) is 0 Å². The van der Waals surface area contributed by atoms with Crippen molar-refractivity contribution in [1.29, 1.82) is 0 Å². The van der Waals surface area contributed by atoms with Gasteiger partial charge in [0.2, 0.25) is 0 Å². The number of anilines is 1. The number of nitrogens with two attached hydrogens (primary N) is 1. The first-order valence-corrected chi connectivity index (χ1v) is 3.98. The van der Waals surface area contributed by atoms with E-state index in [2.05, 4.69) is 9.72 Å². The second-order valence-electron chi connectivity index (χ2n) is 2.83. The average Bonchev–Trinajstić information content (AvgIpc) is 2.46. The number of nitrogen functional groups attached to an aromatic ring is 1. The van der Waals surface area contributed by atoms with Gasteiger partial charge in [0, 0.05) is 17.6 Å². The molecule has 0 saturated carbocycles. The van der Waals surface area contributed by atoms with Crippen LogP contribution in [-0.4, -0.2) is 11.6 Å². The second kappa shape index (κ2) is 3.17. The Hall–Kier alpha value is -1.78. The third kappa shape index (κ3) is 1.48. The van der Waals surface area contributed by atoms with Crippen LogP contribution in [-0.2, 0) is 0 Å². The molecule has 0 fully saturated rings. The van der Waals surface area contributed by atoms with Crippen LogP contribution in [0.4, 0.5) is 14.5 Å². The Balaban J connectivity index is 2.42. The monoisotopic (exact) mass is 198 g/mol. The van der Waals surface area contributed by atoms with Crippen molar-refractivity contribution >= 4 is 16.6 Å². The van der Waals surface area contributed by atoms with Gasteiger partial charge < -0.3 is 15.5 Å². The fourth-order valence-corrected chi connectivity index (χ4v) is 1.30. The van der Waals surface area contributed by atoms with E-state index in [1.54, 1.807) is 12.3 Å². The number of aromatic nitrogens is 1. The minimum absolute atomic E-state index is 0.120. The van der Waals surface area contributed by atoms with Crippen molar-refractivity contribution in [3.05, 3.63) is 24.4 Å². The lowest BCUT2D eigenvalue weighted by Gasteiger charge is -2.03. The molecule has 0 amide bonds. The molecule has 0 spiro atoms. The molecule has 0 aliphatic rings. The van der Waals surface area contributed by atoms with Crippen LogP contribution in [0, 0.1) is 0 Å². The molecule has 1 aromatic heterocycles. The Kier molecular flexibility index (Phi) is 1.99. The molecule has 0 unspecified atom stereocenters. The predicted molar refractivity (Wildman–Crippen MR) is 49.3 cm³/mol. The largest absolute Gasteiger partial charge is 0.435 e. The standard InChI is InChI=1S/C9H8F2N2O/c10-9(11)14-5-1-2-6-7(12)4-13-8(6)3-5/h1-4,9,13H,12H2. The number of hydrogen-bond donors (Lipinski definition) is 2. The molecule has 0 radical (unpaired) electrons. The number of halogens is 2. The van der Waals surface area contributed by atoms with Crippen LogP contribution in [0.1, 0.15) is 0 Å². The maximum absolute atomic E-state index is 11.9. The molecule has 0 aliphatic carbocycles. The highest BCUT2D eigenvalue weighted by molar-refractivity contribution is 5.91. The van der Waals surface area contributed by atoms with Gasteiger partial charge in [0.25, 0.3) is 0 Å². The van der Waals surface area contributed by atoms with Crippen molar-refractivity contribution in [1.82, 2.24) is 4.98 Å². The first kappa shape index (κ1) is 8.80. The van der Waals surface area contributed by atoms with Crippen molar-refractivity contribution < 1.29 is 13.5 Å². The van der Waals surface area contributed by atoms with Crippen LogP contribution in [0.5, 0.6) is 5.75 Å². The zero-order valence-corrected chi connectivity index (χ0v) is 7.13. The normalized spacial score (nSPS) is 11.1. The van der Waals surface area contributed by atoms with Crippen LogP contribution in [0.25, 0.3) is 10.9 Å². The quantitative estimate of drug-likeness (QED) is 0.778. The van der Waals surface area contributed by atoms with E-state index in [4.69, 9.17) is 5.73 Å². The molecule has 3 N–H and O–H groups in total. The van der Waals surface area contributed by atoms with E-state index in [9.17, 15) is 8.78 Å². The zero-order chi connectivity index (χ0) is 10.1. The minimum atomic E-state index is -2.81. The number of benzene rings is 1. The number of H-pyrrole nitrogens is 1. The van der Waals surface area contributed by atoms with Crippen LogP contribution < -0.4 is 10.5 Å². The van der Waals surface area contributed by atoms with E-state index < -0.39 is 6.61 Å². The van der Waals surface area contributed by atoms with Gasteiger partial charge in [0.1, 0.15) is 5.75 Å². The molecule has 0 bridgehead atoms. The van der Waals surface area contributed by atoms with Crippen LogP contribution in [0.2, 0.25) is 0 Å². The Labute approximate surface area is 78.5 Å². The Morgan fingerprint density at radius 1 is 1.36 bits per heavy atom. The lowest BCUT2D eigenvalue weighted by molar-refractivity contribution is -0.0497. The van der Waals surface area contributed by atoms with Gasteiger partial charge in [0.05, 0.1) is 11.2 Å². The molecule has 1 aromatic carbocycles. The highest BCUT2D eigenvalue weighted by Gasteiger charge is 2.06. The first-order chi connectivity index (χ1) is 6.66. The smallest absolute Gasteiger partial charge is 0.387 e. The lowest BCUT2D eigenvalue weighted by Crippen LogP contribution is -2.01. The summed E-state index contributed by atoms with van der Waals surface area (Å²) in [5.41, 5.74) is 6.88. The van der Waals surface area contributed by atoms with Crippen molar-refractivity contribution in [3.63, 3.8) is 0 Å². The first-order valence-electron chi connectivity index (χ1n) is 3.98. The number of rotatable bonds is 2. The number of fused-ring (bicyclic) bond motifs is 1. The number of alkyl halides is 2. The van der Waals surface area contributed by atoms with Crippen LogP contribution in [0.3, 0.4) is 0 Å². The molecule has 3 nitrogen and oxygen atoms in total. The number of ether oxygens (including phenoxy) is 1. The summed E-state index contributed by atoms with van der Waals surface area (Å²) < 4.78 is 28.0. The summed E-state index contributed by atoms with van der Waals surface area (Å²) in [6.45, 7) is -2.81. The second-order valence-corrected chi connectivity index (χ2v) is 2.83. The van der Waals surface area contributed by atoms with E-state index in [1.807, 2.05) is 0 Å². The van der Waals surface area contributed by atoms with Crippen molar-refractivity contribution in [2.45, 2.75) is 6.61 Å². The molecule has 2 aromatic rings. The molecule has 0 atom stereocenters. The number of nitrogens with one attached hydrogen (secondary N) is 1. The lowest BCUT2D eigenvalue weighted by atomic mass is 10.2. The molecule has 74 valence electrons. The molecule has 14 heavy (non-hydrogen) atoms. The maximum Gasteiger partial charge on any atom is 0.387 e. The third-order valence-electron chi connectivity index (χ3n) is 1.91. The fourth-order valence-electron chi connectivity index (χ4n) is 1.30. The molecular formula is C9H8F2N2O. The topological polar surface area (TPSA) is 51.0 Å². The van der Waals surface area contributed by atoms with Gasteiger partial charge >= 0.3 is 6.61 Å². The summed E-state index contributed by atoms with van der Waals surface area (Å²) >= 11 is 0. The molecule has 2 rings (SSSR count). The summed E-state index contributed by atoms with van der Waals surface area (Å²) in [6, 6.07) is 4.58. The summed E-state index contributed by atoms with van der Waals surface area (Å²) in [5, 5.41) is 0.798. The van der Waals surface area contributed by atoms with Crippen molar-refractivity contribution in [3.8, 4) is 5.75 Å². The Bertz CT molecular complexity index is 453. The summed E-state index contributed by atoms with van der Waals surface area (Å²) in [5.74, 6) is 0.120. The van der Waals surface area contributed by atoms with Gasteiger partial charge in [-0.3, -0.25) is 0 Å². The number of hydrogen-bond acceptors (Lipinski definition) is 2. The summed E-state index contributed by atoms with van der Waals surface area (Å²) in [6.07, 6.45) is 1.61. The molecular weight excluding hydrogens is 190 g/mol. The van der Waals surface area contributed by atoms with E-state index in [0.717, 1.165) is 5.39 Å². The van der Waals surface area contributed by atoms with Gasteiger partial charge in [-0.1, -0.05) is 0 Å². The maximum atomic E-state index is 11.9. The molecule has 5 heteroatoms. The summed E-state index contributed by atoms with van der Waals surface area (Å²) in [4.78, 5) is 2.85. The zero-order valence-electron chi connectivity index (χ0n) is 7.13. The molecule has 0 aliphatic heterocycles. The SMILES string of the molecule is Nc1c[nH]c2cc(OC(F)F)ccc12. The molecule has 1 heterocycles. The van der Waals surface area contributed by atoms with Crippen molar-refractivity contribution in [2.24, 2.45) is 0 Å². The Morgan fingerprint density at radius 2 is 2.14 bits per heavy atom. The van der Waals surface area contributed by atoms with Gasteiger partial charge in [-0.2, -0.15) is 8.78 Å². The van der Waals surface area contributed by atoms with E-state index in [-0.39, 0.29) is 5.75 Å². The Morgan fingerprint density at radius 3 is 2.86 bits per heavy atom. The highest BCUT2D eigenvalue weighted by atomic mass is 19.3. The van der Waals surface area contributed by atoms with E-state index in [1.165, 1.54) is 12.1 Å². The van der Waals surface area contributed by atoms with E-state index >= 15 is 0 Å². The van der Waals surface area contributed by atoms with Crippen molar-refractivity contribution in [2.75, 3.05) is 5.73 Å². The molecule has 0 saturated heterocycles.